The van der Waals surface area contributed by atoms with Gasteiger partial charge in [0, 0.05) is 23.8 Å². The Morgan fingerprint density at radius 2 is 2.29 bits per heavy atom. The highest BCUT2D eigenvalue weighted by atomic mass is 16.5. The van der Waals surface area contributed by atoms with Crippen molar-refractivity contribution in [2.45, 2.75) is 45.2 Å². The fourth-order valence-electron chi connectivity index (χ4n) is 3.20. The first-order chi connectivity index (χ1) is 10.2. The molecule has 0 bridgehead atoms. The maximum atomic E-state index is 9.61. The molecule has 0 aliphatic carbocycles. The van der Waals surface area contributed by atoms with Crippen LogP contribution in [0.2, 0.25) is 0 Å². The predicted octanol–water partition coefficient (Wildman–Crippen LogP) is 2.72. The van der Waals surface area contributed by atoms with Gasteiger partial charge in [-0.05, 0) is 44.9 Å². The molecule has 2 rings (SSSR count). The first kappa shape index (κ1) is 16.1. The van der Waals surface area contributed by atoms with Crippen molar-refractivity contribution in [2.24, 2.45) is 0 Å². The zero-order chi connectivity index (χ0) is 15.2. The van der Waals surface area contributed by atoms with Crippen LogP contribution in [0.25, 0.3) is 0 Å². The zero-order valence-electron chi connectivity index (χ0n) is 13.4. The molecule has 1 aromatic carbocycles. The number of ether oxygens (including phenoxy) is 1. The van der Waals surface area contributed by atoms with Crippen LogP contribution < -0.4 is 15.0 Å². The number of hydrogen-bond donors (Lipinski definition) is 2. The number of nitrogens with zero attached hydrogens (tertiary/aromatic N) is 1. The molecule has 0 amide bonds. The van der Waals surface area contributed by atoms with E-state index in [1.807, 2.05) is 12.1 Å². The summed E-state index contributed by atoms with van der Waals surface area (Å²) in [4.78, 5) is 2.34. The first-order valence-electron chi connectivity index (χ1n) is 8.00. The summed E-state index contributed by atoms with van der Waals surface area (Å²) in [5.41, 5.74) is 2.40. The van der Waals surface area contributed by atoms with Gasteiger partial charge in [0.2, 0.25) is 0 Å². The first-order valence-corrected chi connectivity index (χ1v) is 8.00. The zero-order valence-corrected chi connectivity index (χ0v) is 13.4. The molecule has 2 atom stereocenters. The molecule has 21 heavy (non-hydrogen) atoms. The summed E-state index contributed by atoms with van der Waals surface area (Å²) in [7, 11) is 1.72. The quantitative estimate of drug-likeness (QED) is 0.811. The molecule has 1 aromatic rings. The van der Waals surface area contributed by atoms with Crippen LogP contribution in [0.5, 0.6) is 5.75 Å². The molecule has 0 radical (unpaired) electrons. The molecule has 0 spiro atoms. The molecule has 1 aliphatic heterocycles. The molecule has 0 aromatic heterocycles. The lowest BCUT2D eigenvalue weighted by Crippen LogP contribution is -2.34. The van der Waals surface area contributed by atoms with Crippen molar-refractivity contribution in [1.29, 1.82) is 0 Å². The van der Waals surface area contributed by atoms with Gasteiger partial charge in [-0.15, -0.1) is 0 Å². The third-order valence-electron chi connectivity index (χ3n) is 4.29. The van der Waals surface area contributed by atoms with Crippen LogP contribution in [0.4, 0.5) is 5.69 Å². The molecular weight excluding hydrogens is 264 g/mol. The number of hydrogen-bond acceptors (Lipinski definition) is 4. The van der Waals surface area contributed by atoms with Crippen molar-refractivity contribution in [3.8, 4) is 5.75 Å². The van der Waals surface area contributed by atoms with Gasteiger partial charge in [0.1, 0.15) is 5.75 Å². The van der Waals surface area contributed by atoms with Crippen LogP contribution in [-0.4, -0.2) is 38.0 Å². The minimum Gasteiger partial charge on any atom is -0.496 e. The smallest absolute Gasteiger partial charge is 0.125 e. The van der Waals surface area contributed by atoms with Crippen LogP contribution >= 0.6 is 0 Å². The fraction of sp³-hybridized carbons (Fsp3) is 0.647. The second-order valence-electron chi connectivity index (χ2n) is 5.74. The Bertz CT molecular complexity index is 450. The van der Waals surface area contributed by atoms with Crippen molar-refractivity contribution < 1.29 is 9.84 Å². The molecule has 4 nitrogen and oxygen atoms in total. The lowest BCUT2D eigenvalue weighted by atomic mass is 10.0. The highest BCUT2D eigenvalue weighted by molar-refractivity contribution is 5.62. The van der Waals surface area contributed by atoms with Crippen molar-refractivity contribution in [1.82, 2.24) is 5.32 Å². The Morgan fingerprint density at radius 1 is 1.48 bits per heavy atom. The Balaban J connectivity index is 2.35. The van der Waals surface area contributed by atoms with Gasteiger partial charge >= 0.3 is 0 Å². The van der Waals surface area contributed by atoms with E-state index in [1.165, 1.54) is 11.3 Å². The van der Waals surface area contributed by atoms with E-state index in [9.17, 15) is 5.11 Å². The van der Waals surface area contributed by atoms with E-state index in [0.717, 1.165) is 38.1 Å². The number of methoxy groups -OCH3 is 1. The van der Waals surface area contributed by atoms with E-state index in [-0.39, 0.29) is 18.7 Å². The molecule has 0 saturated carbocycles. The van der Waals surface area contributed by atoms with Crippen LogP contribution in [-0.2, 0) is 0 Å². The monoisotopic (exact) mass is 292 g/mol. The molecule has 1 heterocycles. The summed E-state index contributed by atoms with van der Waals surface area (Å²) in [6, 6.07) is 6.67. The van der Waals surface area contributed by atoms with E-state index < -0.39 is 0 Å². The molecule has 1 saturated heterocycles. The molecule has 4 heteroatoms. The molecule has 2 unspecified atom stereocenters. The summed E-state index contributed by atoms with van der Waals surface area (Å²) >= 11 is 0. The SMILES string of the molecule is CCCNC(C)c1c(OC)cccc1N1CCCC1CO. The Labute approximate surface area is 128 Å². The van der Waals surface area contributed by atoms with Crippen molar-refractivity contribution >= 4 is 5.69 Å². The lowest BCUT2D eigenvalue weighted by Gasteiger charge is -2.30. The largest absolute Gasteiger partial charge is 0.496 e. The number of aliphatic hydroxyl groups excluding tert-OH is 1. The van der Waals surface area contributed by atoms with E-state index in [0.29, 0.717) is 0 Å². The minimum atomic E-state index is 0.216. The lowest BCUT2D eigenvalue weighted by molar-refractivity contribution is 0.266. The average Bonchev–Trinajstić information content (AvgIpc) is 3.00. The molecule has 2 N–H and O–H groups in total. The van der Waals surface area contributed by atoms with Gasteiger partial charge in [-0.1, -0.05) is 13.0 Å². The van der Waals surface area contributed by atoms with E-state index >= 15 is 0 Å². The Hall–Kier alpha value is -1.26. The van der Waals surface area contributed by atoms with Gasteiger partial charge in [-0.3, -0.25) is 0 Å². The summed E-state index contributed by atoms with van der Waals surface area (Å²) in [5, 5.41) is 13.2. The van der Waals surface area contributed by atoms with Crippen molar-refractivity contribution in [3.63, 3.8) is 0 Å². The minimum absolute atomic E-state index is 0.216. The normalized spacial score (nSPS) is 19.8. The van der Waals surface area contributed by atoms with Gasteiger partial charge in [0.05, 0.1) is 19.8 Å². The van der Waals surface area contributed by atoms with Gasteiger partial charge in [-0.2, -0.15) is 0 Å². The number of anilines is 1. The molecule has 1 fully saturated rings. The van der Waals surface area contributed by atoms with Gasteiger partial charge < -0.3 is 20.1 Å². The topological polar surface area (TPSA) is 44.7 Å². The average molecular weight is 292 g/mol. The highest BCUT2D eigenvalue weighted by Gasteiger charge is 2.28. The van der Waals surface area contributed by atoms with E-state index in [2.05, 4.69) is 30.1 Å². The Morgan fingerprint density at radius 3 is 2.95 bits per heavy atom. The van der Waals surface area contributed by atoms with Crippen LogP contribution in [0, 0.1) is 0 Å². The van der Waals surface area contributed by atoms with Crippen molar-refractivity contribution in [2.75, 3.05) is 31.7 Å². The second-order valence-corrected chi connectivity index (χ2v) is 5.74. The maximum Gasteiger partial charge on any atom is 0.125 e. The number of nitrogens with one attached hydrogen (secondary N) is 1. The molecule has 1 aliphatic rings. The highest BCUT2D eigenvalue weighted by Crippen LogP contribution is 2.37. The summed E-state index contributed by atoms with van der Waals surface area (Å²) in [6.45, 7) is 6.56. The number of benzene rings is 1. The van der Waals surface area contributed by atoms with Gasteiger partial charge in [0.15, 0.2) is 0 Å². The van der Waals surface area contributed by atoms with Crippen molar-refractivity contribution in [3.05, 3.63) is 23.8 Å². The second kappa shape index (κ2) is 7.66. The standard InChI is InChI=1S/C17H28N2O2/c1-4-10-18-13(2)17-15(8-5-9-16(17)21-3)19-11-6-7-14(19)12-20/h5,8-9,13-14,18,20H,4,6-7,10-12H2,1-3H3. The van der Waals surface area contributed by atoms with Crippen LogP contribution in [0.3, 0.4) is 0 Å². The number of aliphatic hydroxyl groups is 1. The fourth-order valence-corrected chi connectivity index (χ4v) is 3.20. The van der Waals surface area contributed by atoms with E-state index in [1.54, 1.807) is 7.11 Å². The van der Waals surface area contributed by atoms with E-state index in [4.69, 9.17) is 4.74 Å². The third kappa shape index (κ3) is 3.50. The maximum absolute atomic E-state index is 9.61. The molecular formula is C17H28N2O2. The van der Waals surface area contributed by atoms with Crippen LogP contribution in [0.1, 0.15) is 44.7 Å². The number of rotatable bonds is 7. The molecule has 118 valence electrons. The van der Waals surface area contributed by atoms with Gasteiger partial charge in [0.25, 0.3) is 0 Å². The summed E-state index contributed by atoms with van der Waals surface area (Å²) in [5.74, 6) is 0.923. The Kier molecular flexibility index (Phi) is 5.88. The summed E-state index contributed by atoms with van der Waals surface area (Å²) < 4.78 is 5.59. The van der Waals surface area contributed by atoms with Crippen LogP contribution in [0.15, 0.2) is 18.2 Å². The third-order valence-corrected chi connectivity index (χ3v) is 4.29. The van der Waals surface area contributed by atoms with Gasteiger partial charge in [-0.25, -0.2) is 0 Å². The summed E-state index contributed by atoms with van der Waals surface area (Å²) in [6.07, 6.45) is 3.31. The predicted molar refractivity (Wildman–Crippen MR) is 87.2 cm³/mol.